The van der Waals surface area contributed by atoms with Crippen LogP contribution in [-0.4, -0.2) is 92.9 Å². The molecular formula is C43H48N8O4S2. The van der Waals surface area contributed by atoms with E-state index in [-0.39, 0.29) is 35.9 Å². The first-order chi connectivity index (χ1) is 27.6. The number of amides is 3. The Morgan fingerprint density at radius 2 is 1.49 bits per heavy atom. The molecule has 57 heavy (non-hydrogen) atoms. The Labute approximate surface area is 340 Å². The molecular weight excluding hydrogens is 757 g/mol. The molecule has 2 fully saturated rings. The number of methoxy groups -OCH3 is 1. The van der Waals surface area contributed by atoms with E-state index in [1.165, 1.54) is 22.1 Å². The minimum absolute atomic E-state index is 0.0958. The van der Waals surface area contributed by atoms with E-state index in [2.05, 4.69) is 50.3 Å². The van der Waals surface area contributed by atoms with Crippen LogP contribution in [0.25, 0.3) is 43.0 Å². The van der Waals surface area contributed by atoms with Crippen LogP contribution < -0.4 is 5.32 Å². The lowest BCUT2D eigenvalue weighted by Gasteiger charge is -2.31. The van der Waals surface area contributed by atoms with Gasteiger partial charge in [-0.3, -0.25) is 14.5 Å². The zero-order valence-electron chi connectivity index (χ0n) is 32.8. The van der Waals surface area contributed by atoms with Gasteiger partial charge in [0.15, 0.2) is 0 Å². The van der Waals surface area contributed by atoms with E-state index in [4.69, 9.17) is 14.7 Å². The number of ether oxygens (including phenoxy) is 1. The maximum Gasteiger partial charge on any atom is 0.407 e. The zero-order chi connectivity index (χ0) is 39.8. The number of carbonyl (C=O) groups excluding carboxylic acids is 3. The second-order valence-electron chi connectivity index (χ2n) is 15.4. The molecule has 0 bridgehead atoms. The first kappa shape index (κ1) is 38.6. The number of aromatic amines is 2. The lowest BCUT2D eigenvalue weighted by Crippen LogP contribution is -2.51. The Morgan fingerprint density at radius 1 is 0.860 bits per heavy atom. The van der Waals surface area contributed by atoms with Crippen molar-refractivity contribution in [3.8, 4) is 33.6 Å². The number of hydrogen-bond donors (Lipinski definition) is 3. The van der Waals surface area contributed by atoms with Crippen LogP contribution in [0.15, 0.2) is 77.8 Å². The maximum atomic E-state index is 13.9. The highest BCUT2D eigenvalue weighted by atomic mass is 32.1. The van der Waals surface area contributed by atoms with Crippen molar-refractivity contribution in [2.24, 2.45) is 5.92 Å². The molecule has 6 aromatic rings. The van der Waals surface area contributed by atoms with Crippen LogP contribution in [0.2, 0.25) is 0 Å². The van der Waals surface area contributed by atoms with E-state index in [9.17, 15) is 14.4 Å². The van der Waals surface area contributed by atoms with Crippen LogP contribution >= 0.6 is 22.7 Å². The van der Waals surface area contributed by atoms with Crippen LogP contribution in [-0.2, 0) is 14.3 Å². The van der Waals surface area contributed by atoms with Gasteiger partial charge in [0, 0.05) is 41.2 Å². The number of carbonyl (C=O) groups is 3. The number of hydrogen-bond acceptors (Lipinski definition) is 9. The second kappa shape index (κ2) is 16.3. The number of likely N-dealkylation sites (N-methyl/N-ethyl adjacent to an activating group) is 1. The fourth-order valence-corrected chi connectivity index (χ4v) is 10.7. The third-order valence-electron chi connectivity index (χ3n) is 11.2. The number of H-pyrrole nitrogens is 2. The highest BCUT2D eigenvalue weighted by Crippen LogP contribution is 2.44. The number of likely N-dealkylation sites (tertiary alicyclic amines) is 2. The molecule has 0 saturated carbocycles. The Kier molecular flexibility index (Phi) is 11.0. The summed E-state index contributed by atoms with van der Waals surface area (Å²) in [7, 11) is 5.21. The lowest BCUT2D eigenvalue weighted by molar-refractivity contribution is -0.137. The van der Waals surface area contributed by atoms with E-state index in [0.717, 1.165) is 71.0 Å². The van der Waals surface area contributed by atoms with Crippen LogP contribution in [0.1, 0.15) is 74.9 Å². The largest absolute Gasteiger partial charge is 0.453 e. The summed E-state index contributed by atoms with van der Waals surface area (Å²) in [6.45, 7) is 5.15. The van der Waals surface area contributed by atoms with Crippen molar-refractivity contribution in [1.29, 1.82) is 0 Å². The van der Waals surface area contributed by atoms with Crippen molar-refractivity contribution in [2.45, 2.75) is 63.7 Å². The van der Waals surface area contributed by atoms with Crippen molar-refractivity contribution in [3.05, 3.63) is 95.0 Å². The van der Waals surface area contributed by atoms with Crippen molar-refractivity contribution in [3.63, 3.8) is 0 Å². The summed E-state index contributed by atoms with van der Waals surface area (Å²) in [5.74, 6) is 1.45. The summed E-state index contributed by atoms with van der Waals surface area (Å²) in [4.78, 5) is 62.1. The van der Waals surface area contributed by atoms with Gasteiger partial charge in [0.25, 0.3) is 0 Å². The number of thiophene rings is 2. The van der Waals surface area contributed by atoms with Gasteiger partial charge in [-0.2, -0.15) is 0 Å². The number of nitrogens with one attached hydrogen (secondary N) is 3. The van der Waals surface area contributed by atoms with Gasteiger partial charge in [-0.15, -0.1) is 22.7 Å². The molecule has 3 N–H and O–H groups in total. The topological polar surface area (TPSA) is 140 Å². The third kappa shape index (κ3) is 7.49. The molecule has 4 aromatic heterocycles. The van der Waals surface area contributed by atoms with Crippen molar-refractivity contribution < 1.29 is 19.1 Å². The Bertz CT molecular complexity index is 2360. The molecule has 12 nitrogen and oxygen atoms in total. The number of rotatable bonds is 11. The summed E-state index contributed by atoms with van der Waals surface area (Å²) < 4.78 is 7.17. The molecule has 14 heteroatoms. The van der Waals surface area contributed by atoms with E-state index in [0.29, 0.717) is 13.1 Å². The third-order valence-corrected chi connectivity index (χ3v) is 13.4. The molecule has 0 spiro atoms. The van der Waals surface area contributed by atoms with Gasteiger partial charge >= 0.3 is 6.09 Å². The van der Waals surface area contributed by atoms with E-state index < -0.39 is 12.1 Å². The molecule has 4 atom stereocenters. The number of imidazole rings is 2. The first-order valence-corrected chi connectivity index (χ1v) is 21.3. The van der Waals surface area contributed by atoms with E-state index in [1.54, 1.807) is 22.7 Å². The molecule has 0 radical (unpaired) electrons. The monoisotopic (exact) mass is 804 g/mol. The molecule has 2 aromatic carbocycles. The Morgan fingerprint density at radius 3 is 2.16 bits per heavy atom. The molecule has 2 aliphatic rings. The SMILES string of the molecule is COC(=O)N[C@H](C(=O)N1CCC[C@H]1c1nc(-c2csc3c(-c4ccc(-c5cnc([C@@H]6CCCN6C(=O)[C@@H](c6ccccc6)N(C)C)[nH]5)cc4)csc23)c[nH]1)C(C)C. The molecule has 8 rings (SSSR count). The zero-order valence-corrected chi connectivity index (χ0v) is 34.5. The van der Waals surface area contributed by atoms with Crippen molar-refractivity contribution in [2.75, 3.05) is 34.3 Å². The number of aromatic nitrogens is 4. The highest BCUT2D eigenvalue weighted by Gasteiger charge is 2.39. The van der Waals surface area contributed by atoms with E-state index in [1.807, 2.05) is 85.4 Å². The van der Waals surface area contributed by atoms with Crippen LogP contribution in [0.4, 0.5) is 4.79 Å². The number of nitrogens with zero attached hydrogens (tertiary/aromatic N) is 5. The molecule has 0 aliphatic carbocycles. The molecule has 3 amide bonds. The van der Waals surface area contributed by atoms with Crippen LogP contribution in [0.3, 0.4) is 0 Å². The Balaban J connectivity index is 0.969. The molecule has 6 heterocycles. The maximum absolute atomic E-state index is 13.9. The molecule has 2 saturated heterocycles. The van der Waals surface area contributed by atoms with Gasteiger partial charge in [0.05, 0.1) is 46.2 Å². The van der Waals surface area contributed by atoms with Gasteiger partial charge in [-0.25, -0.2) is 14.8 Å². The van der Waals surface area contributed by atoms with Crippen LogP contribution in [0, 0.1) is 5.92 Å². The number of fused-ring (bicyclic) bond motifs is 1. The predicted octanol–water partition coefficient (Wildman–Crippen LogP) is 8.42. The molecule has 0 unspecified atom stereocenters. The highest BCUT2D eigenvalue weighted by molar-refractivity contribution is 7.27. The minimum atomic E-state index is -0.679. The fraction of sp³-hybridized carbons (Fsp3) is 0.372. The molecule has 2 aliphatic heterocycles. The van der Waals surface area contributed by atoms with Gasteiger partial charge in [0.2, 0.25) is 11.8 Å². The van der Waals surface area contributed by atoms with Gasteiger partial charge in [-0.1, -0.05) is 68.4 Å². The first-order valence-electron chi connectivity index (χ1n) is 19.5. The average molecular weight is 805 g/mol. The average Bonchev–Trinajstić information content (AvgIpc) is 4.06. The smallest absolute Gasteiger partial charge is 0.407 e. The Hall–Kier alpha value is -5.31. The number of alkyl carbamates (subject to hydrolysis) is 1. The number of benzene rings is 2. The van der Waals surface area contributed by atoms with Gasteiger partial charge in [-0.05, 0) is 62.4 Å². The second-order valence-corrected chi connectivity index (χ2v) is 17.2. The summed E-state index contributed by atoms with van der Waals surface area (Å²) in [6.07, 6.45) is 6.66. The normalized spacial score (nSPS) is 18.2. The van der Waals surface area contributed by atoms with E-state index >= 15 is 0 Å². The van der Waals surface area contributed by atoms with Crippen molar-refractivity contribution in [1.82, 2.24) is 40.0 Å². The summed E-state index contributed by atoms with van der Waals surface area (Å²) in [5.41, 5.74) is 7.17. The quantitative estimate of drug-likeness (QED) is 0.120. The van der Waals surface area contributed by atoms with Gasteiger partial charge < -0.3 is 29.8 Å². The van der Waals surface area contributed by atoms with Crippen molar-refractivity contribution >= 4 is 50.0 Å². The van der Waals surface area contributed by atoms with Gasteiger partial charge in [0.1, 0.15) is 23.7 Å². The summed E-state index contributed by atoms with van der Waals surface area (Å²) in [5, 5.41) is 7.09. The van der Waals surface area contributed by atoms with Crippen LogP contribution in [0.5, 0.6) is 0 Å². The summed E-state index contributed by atoms with van der Waals surface area (Å²) in [6, 6.07) is 17.2. The summed E-state index contributed by atoms with van der Waals surface area (Å²) >= 11 is 3.42. The lowest BCUT2D eigenvalue weighted by atomic mass is 10.0. The molecule has 296 valence electrons. The predicted molar refractivity (Wildman–Crippen MR) is 225 cm³/mol. The minimum Gasteiger partial charge on any atom is -0.453 e. The fourth-order valence-electron chi connectivity index (χ4n) is 8.29. The standard InChI is InChI=1S/C43H48N8O4S2/c1-25(2)35(48-43(54)55-5)41(52)50-19-9-13-33(50)40-45-22-32(47-40)30-24-57-37-29(23-56-38(30)37)26-15-17-27(18-16-26)31-21-44-39(46-31)34-14-10-20-51(34)42(53)36(49(3)4)28-11-7-6-8-12-28/h6-8,11-12,15-18,21-25,33-36H,9-10,13-14,19-20H2,1-5H3,(H,44,46)(H,45,47)(H,48,54)/t33-,34-,35-,36+/m0/s1.